The summed E-state index contributed by atoms with van der Waals surface area (Å²) < 4.78 is 16.5. The van der Waals surface area contributed by atoms with E-state index >= 15 is 0 Å². The van der Waals surface area contributed by atoms with Crippen LogP contribution < -0.4 is 15.5 Å². The van der Waals surface area contributed by atoms with Gasteiger partial charge < -0.3 is 18.9 Å². The van der Waals surface area contributed by atoms with E-state index in [2.05, 4.69) is 12.2 Å². The Hall–Kier alpha value is -3.80. The van der Waals surface area contributed by atoms with Crippen LogP contribution in [0.25, 0.3) is 22.5 Å². The van der Waals surface area contributed by atoms with Crippen LogP contribution in [0.2, 0.25) is 0 Å². The van der Waals surface area contributed by atoms with E-state index in [4.69, 9.17) is 13.6 Å². The molecular weight excluding hydrogens is 370 g/mol. The first-order valence-electron chi connectivity index (χ1n) is 9.26. The van der Waals surface area contributed by atoms with Crippen LogP contribution in [-0.4, -0.2) is 12.5 Å². The lowest BCUT2D eigenvalue weighted by Crippen LogP contribution is -2.20. The highest BCUT2D eigenvalue weighted by molar-refractivity contribution is 5.92. The van der Waals surface area contributed by atoms with Crippen molar-refractivity contribution < 1.29 is 18.4 Å². The molecule has 1 amide bonds. The largest absolute Gasteiger partial charge is 0.484 e. The van der Waals surface area contributed by atoms with Crippen LogP contribution in [0.15, 0.2) is 80.6 Å². The molecule has 0 unspecified atom stereocenters. The van der Waals surface area contributed by atoms with Crippen LogP contribution in [0.4, 0.5) is 5.69 Å². The Bertz CT molecular complexity index is 1190. The maximum atomic E-state index is 12.4. The minimum absolute atomic E-state index is 0.170. The fraction of sp³-hybridized carbons (Fsp3) is 0.130. The van der Waals surface area contributed by atoms with Crippen molar-refractivity contribution >= 4 is 22.6 Å². The molecule has 0 aliphatic heterocycles. The molecule has 0 fully saturated rings. The first kappa shape index (κ1) is 18.6. The predicted molar refractivity (Wildman–Crippen MR) is 110 cm³/mol. The first-order chi connectivity index (χ1) is 14.1. The second-order valence-electron chi connectivity index (χ2n) is 6.50. The molecule has 0 bridgehead atoms. The van der Waals surface area contributed by atoms with Crippen molar-refractivity contribution in [2.24, 2.45) is 0 Å². The smallest absolute Gasteiger partial charge is 0.262 e. The van der Waals surface area contributed by atoms with E-state index in [0.717, 1.165) is 6.42 Å². The van der Waals surface area contributed by atoms with Crippen molar-refractivity contribution in [1.29, 1.82) is 0 Å². The van der Waals surface area contributed by atoms with Crippen LogP contribution in [0.5, 0.6) is 5.75 Å². The van der Waals surface area contributed by atoms with Gasteiger partial charge in [-0.05, 0) is 54.4 Å². The average Bonchev–Trinajstić information content (AvgIpc) is 3.28. The molecule has 6 heteroatoms. The third-order valence-corrected chi connectivity index (χ3v) is 4.48. The zero-order chi connectivity index (χ0) is 20.2. The van der Waals surface area contributed by atoms with E-state index in [9.17, 15) is 9.59 Å². The maximum Gasteiger partial charge on any atom is 0.262 e. The molecule has 146 valence electrons. The Morgan fingerprint density at radius 3 is 2.59 bits per heavy atom. The van der Waals surface area contributed by atoms with E-state index < -0.39 is 0 Å². The van der Waals surface area contributed by atoms with Crippen LogP contribution in [-0.2, 0) is 11.2 Å². The van der Waals surface area contributed by atoms with Gasteiger partial charge in [0.05, 0.1) is 11.6 Å². The quantitative estimate of drug-likeness (QED) is 0.520. The van der Waals surface area contributed by atoms with Gasteiger partial charge in [0, 0.05) is 11.8 Å². The number of aryl methyl sites for hydroxylation is 1. The minimum Gasteiger partial charge on any atom is -0.484 e. The third-order valence-electron chi connectivity index (χ3n) is 4.48. The Morgan fingerprint density at radius 2 is 1.86 bits per heavy atom. The molecule has 0 aliphatic rings. The van der Waals surface area contributed by atoms with Crippen molar-refractivity contribution in [3.8, 4) is 17.3 Å². The van der Waals surface area contributed by atoms with Gasteiger partial charge in [-0.15, -0.1) is 0 Å². The topological polar surface area (TPSA) is 81.7 Å². The summed E-state index contributed by atoms with van der Waals surface area (Å²) in [6.07, 6.45) is 2.45. The Kier molecular flexibility index (Phi) is 5.16. The Balaban J connectivity index is 1.45. The minimum atomic E-state index is -0.283. The van der Waals surface area contributed by atoms with Gasteiger partial charge in [-0.2, -0.15) is 0 Å². The predicted octanol–water partition coefficient (Wildman–Crippen LogP) is 4.63. The zero-order valence-corrected chi connectivity index (χ0v) is 15.8. The summed E-state index contributed by atoms with van der Waals surface area (Å²) in [5.74, 6) is 0.962. The zero-order valence-electron chi connectivity index (χ0n) is 15.8. The van der Waals surface area contributed by atoms with Crippen LogP contribution >= 0.6 is 0 Å². The van der Waals surface area contributed by atoms with Gasteiger partial charge in [-0.3, -0.25) is 9.59 Å². The number of carbonyl (C=O) groups is 1. The van der Waals surface area contributed by atoms with E-state index in [0.29, 0.717) is 33.9 Å². The molecule has 6 nitrogen and oxygen atoms in total. The van der Waals surface area contributed by atoms with Crippen molar-refractivity contribution in [2.45, 2.75) is 13.3 Å². The number of benzene rings is 2. The molecule has 0 atom stereocenters. The average molecular weight is 389 g/mol. The number of nitrogens with one attached hydrogen (secondary N) is 1. The van der Waals surface area contributed by atoms with E-state index in [1.807, 2.05) is 24.3 Å². The van der Waals surface area contributed by atoms with Gasteiger partial charge in [-0.25, -0.2) is 0 Å². The summed E-state index contributed by atoms with van der Waals surface area (Å²) in [4.78, 5) is 24.6. The normalized spacial score (nSPS) is 10.8. The molecule has 0 saturated heterocycles. The lowest BCUT2D eigenvalue weighted by molar-refractivity contribution is -0.118. The molecule has 0 radical (unpaired) electrons. The molecule has 2 heterocycles. The SMILES string of the molecule is CCc1ccc(NC(=O)COc2ccc3oc(-c4ccco4)cc(=O)c3c2)cc1. The maximum absolute atomic E-state index is 12.4. The molecule has 0 aliphatic carbocycles. The molecule has 2 aromatic carbocycles. The monoisotopic (exact) mass is 389 g/mol. The second kappa shape index (κ2) is 8.06. The standard InChI is InChI=1S/C23H19NO5/c1-2-15-5-7-16(8-6-15)24-23(26)14-28-17-9-10-20-18(12-17)19(25)13-22(29-20)21-4-3-11-27-21/h3-13H,2,14H2,1H3,(H,24,26). The van der Waals surface area contributed by atoms with Crippen LogP contribution in [0, 0.1) is 0 Å². The Morgan fingerprint density at radius 1 is 1.03 bits per heavy atom. The number of carbonyl (C=O) groups excluding carboxylic acids is 1. The molecule has 2 aromatic heterocycles. The highest BCUT2D eigenvalue weighted by Crippen LogP contribution is 2.25. The number of furan rings is 1. The van der Waals surface area contributed by atoms with E-state index in [1.165, 1.54) is 17.9 Å². The van der Waals surface area contributed by atoms with Crippen molar-refractivity contribution in [3.05, 3.63) is 82.7 Å². The van der Waals surface area contributed by atoms with E-state index in [1.54, 1.807) is 30.3 Å². The molecule has 0 saturated carbocycles. The molecule has 4 rings (SSSR count). The van der Waals surface area contributed by atoms with Gasteiger partial charge in [0.25, 0.3) is 5.91 Å². The lowest BCUT2D eigenvalue weighted by atomic mass is 10.1. The fourth-order valence-electron chi connectivity index (χ4n) is 2.94. The van der Waals surface area contributed by atoms with Gasteiger partial charge in [0.15, 0.2) is 23.6 Å². The van der Waals surface area contributed by atoms with Crippen LogP contribution in [0.3, 0.4) is 0 Å². The van der Waals surface area contributed by atoms with Crippen molar-refractivity contribution in [3.63, 3.8) is 0 Å². The number of rotatable bonds is 6. The summed E-state index contributed by atoms with van der Waals surface area (Å²) in [6, 6.07) is 17.3. The number of fused-ring (bicyclic) bond motifs is 1. The van der Waals surface area contributed by atoms with Gasteiger partial charge >= 0.3 is 0 Å². The van der Waals surface area contributed by atoms with Crippen LogP contribution in [0.1, 0.15) is 12.5 Å². The Labute approximate surface area is 166 Å². The summed E-state index contributed by atoms with van der Waals surface area (Å²) in [5, 5.41) is 3.15. The van der Waals surface area contributed by atoms with Crippen molar-refractivity contribution in [1.82, 2.24) is 0 Å². The number of amides is 1. The highest BCUT2D eigenvalue weighted by Gasteiger charge is 2.11. The lowest BCUT2D eigenvalue weighted by Gasteiger charge is -2.09. The van der Waals surface area contributed by atoms with Crippen molar-refractivity contribution in [2.75, 3.05) is 11.9 Å². The molecular formula is C23H19NO5. The summed E-state index contributed by atoms with van der Waals surface area (Å²) >= 11 is 0. The number of hydrogen-bond donors (Lipinski definition) is 1. The molecule has 4 aromatic rings. The van der Waals surface area contributed by atoms with Gasteiger partial charge in [0.1, 0.15) is 11.3 Å². The van der Waals surface area contributed by atoms with Gasteiger partial charge in [0.2, 0.25) is 0 Å². The first-order valence-corrected chi connectivity index (χ1v) is 9.26. The highest BCUT2D eigenvalue weighted by atomic mass is 16.5. The number of hydrogen-bond acceptors (Lipinski definition) is 5. The summed E-state index contributed by atoms with van der Waals surface area (Å²) in [6.45, 7) is 1.90. The summed E-state index contributed by atoms with van der Waals surface area (Å²) in [7, 11) is 0. The van der Waals surface area contributed by atoms with Gasteiger partial charge in [-0.1, -0.05) is 19.1 Å². The second-order valence-corrected chi connectivity index (χ2v) is 6.50. The summed E-state index contributed by atoms with van der Waals surface area (Å²) in [5.41, 5.74) is 2.10. The fourth-order valence-corrected chi connectivity index (χ4v) is 2.94. The molecule has 0 spiro atoms. The third kappa shape index (κ3) is 4.21. The molecule has 29 heavy (non-hydrogen) atoms. The van der Waals surface area contributed by atoms with E-state index in [-0.39, 0.29) is 17.9 Å². The molecule has 1 N–H and O–H groups in total. The number of anilines is 1. The number of ether oxygens (including phenoxy) is 1.